The molecule has 5 heteroatoms. The van der Waals surface area contributed by atoms with Crippen LogP contribution in [0.15, 0.2) is 0 Å². The molecule has 2 saturated carbocycles. The van der Waals surface area contributed by atoms with E-state index < -0.39 is 0 Å². The van der Waals surface area contributed by atoms with Crippen molar-refractivity contribution >= 4 is 23.1 Å². The van der Waals surface area contributed by atoms with Gasteiger partial charge in [0, 0.05) is 31.7 Å². The monoisotopic (exact) mass is 307 g/mol. The maximum atomic E-state index is 11.5. The lowest BCUT2D eigenvalue weighted by Gasteiger charge is -2.38. The second-order valence-electron chi connectivity index (χ2n) is 7.07. The first-order valence-corrected chi connectivity index (χ1v) is 8.11. The van der Waals surface area contributed by atoms with Crippen LogP contribution in [0, 0.1) is 17.8 Å². The zero-order chi connectivity index (χ0) is 16.3. The zero-order valence-electron chi connectivity index (χ0n) is 13.5. The highest BCUT2D eigenvalue weighted by Gasteiger charge is 2.38. The quantitative estimate of drug-likeness (QED) is 0.633. The molecule has 0 spiro atoms. The molecule has 1 aliphatic heterocycles. The number of Topliss-reactive ketones (excluding diaryl/α,β-unsaturated/α-hetero) is 4. The van der Waals surface area contributed by atoms with Crippen LogP contribution < -0.4 is 0 Å². The van der Waals surface area contributed by atoms with Crippen molar-refractivity contribution in [2.75, 3.05) is 20.1 Å². The lowest BCUT2D eigenvalue weighted by Crippen LogP contribution is -2.45. The highest BCUT2D eigenvalue weighted by atomic mass is 16.2. The molecule has 0 radical (unpaired) electrons. The fourth-order valence-electron chi connectivity index (χ4n) is 3.68. The summed E-state index contributed by atoms with van der Waals surface area (Å²) in [5.74, 6) is 1.33. The molecule has 0 aromatic carbocycles. The van der Waals surface area contributed by atoms with Gasteiger partial charge in [-0.25, -0.2) is 0 Å². The Morgan fingerprint density at radius 1 is 0.909 bits per heavy atom. The number of carbonyl (C=O) groups excluding carboxylic acids is 4. The second kappa shape index (κ2) is 7.27. The smallest absolute Gasteiger partial charge is 0.144 e. The molecule has 0 N–H and O–H groups in total. The minimum Gasteiger partial charge on any atom is -0.306 e. The van der Waals surface area contributed by atoms with Crippen molar-refractivity contribution in [3.05, 3.63) is 0 Å². The third kappa shape index (κ3) is 4.57. The molecule has 1 heterocycles. The molecule has 3 rings (SSSR count). The maximum Gasteiger partial charge on any atom is 0.144 e. The van der Waals surface area contributed by atoms with Gasteiger partial charge in [-0.2, -0.15) is 0 Å². The number of nitrogens with zero attached hydrogens (tertiary/aromatic N) is 1. The minimum absolute atomic E-state index is 0.110. The van der Waals surface area contributed by atoms with Crippen LogP contribution in [0.3, 0.4) is 0 Å². The molecule has 5 nitrogen and oxygen atoms in total. The zero-order valence-corrected chi connectivity index (χ0v) is 13.5. The number of piperidine rings is 1. The summed E-state index contributed by atoms with van der Waals surface area (Å²) in [4.78, 5) is 46.2. The van der Waals surface area contributed by atoms with Gasteiger partial charge in [-0.3, -0.25) is 19.2 Å². The van der Waals surface area contributed by atoms with Gasteiger partial charge in [0.25, 0.3) is 0 Å². The molecule has 0 aromatic heterocycles. The Labute approximate surface area is 131 Å². The number of hydrogen-bond acceptors (Lipinski definition) is 5. The number of carbonyl (C=O) groups is 4. The van der Waals surface area contributed by atoms with E-state index >= 15 is 0 Å². The summed E-state index contributed by atoms with van der Waals surface area (Å²) in [6.45, 7) is 3.83. The summed E-state index contributed by atoms with van der Waals surface area (Å²) in [6.07, 6.45) is 3.24. The van der Waals surface area contributed by atoms with Crippen molar-refractivity contribution in [2.45, 2.75) is 45.4 Å². The molecule has 0 amide bonds. The van der Waals surface area contributed by atoms with Gasteiger partial charge in [0.2, 0.25) is 0 Å². The molecule has 0 bridgehead atoms. The number of ketones is 4. The second-order valence-corrected chi connectivity index (χ2v) is 7.07. The Kier molecular flexibility index (Phi) is 5.62. The first-order valence-electron chi connectivity index (χ1n) is 8.11. The molecule has 2 aliphatic carbocycles. The summed E-state index contributed by atoms with van der Waals surface area (Å²) in [6, 6.07) is 0. The van der Waals surface area contributed by atoms with E-state index in [1.54, 1.807) is 0 Å². The van der Waals surface area contributed by atoms with Gasteiger partial charge in [0.05, 0.1) is 12.8 Å². The lowest BCUT2D eigenvalue weighted by atomic mass is 9.74. The molecular weight excluding hydrogens is 282 g/mol. The van der Waals surface area contributed by atoms with Crippen LogP contribution in [0.1, 0.15) is 45.4 Å². The Hall–Kier alpha value is -1.36. The van der Waals surface area contributed by atoms with Gasteiger partial charge in [-0.15, -0.1) is 0 Å². The first-order chi connectivity index (χ1) is 10.3. The summed E-state index contributed by atoms with van der Waals surface area (Å²) in [5, 5.41) is 0. The Balaban J connectivity index is 0.000000172. The fraction of sp³-hybridized carbons (Fsp3) is 0.765. The van der Waals surface area contributed by atoms with Crippen LogP contribution in [0.5, 0.6) is 0 Å². The normalized spacial score (nSPS) is 30.6. The van der Waals surface area contributed by atoms with Crippen molar-refractivity contribution in [3.8, 4) is 0 Å². The van der Waals surface area contributed by atoms with E-state index in [2.05, 4.69) is 4.90 Å². The Morgan fingerprint density at radius 2 is 1.50 bits per heavy atom. The van der Waals surface area contributed by atoms with E-state index in [0.717, 1.165) is 19.5 Å². The molecule has 3 aliphatic rings. The number of fused-ring (bicyclic) bond motifs is 1. The predicted molar refractivity (Wildman–Crippen MR) is 81.4 cm³/mol. The van der Waals surface area contributed by atoms with Gasteiger partial charge < -0.3 is 4.90 Å². The Morgan fingerprint density at radius 3 is 2.09 bits per heavy atom. The maximum absolute atomic E-state index is 11.5. The van der Waals surface area contributed by atoms with Crippen LogP contribution in [0.2, 0.25) is 0 Å². The third-order valence-electron chi connectivity index (χ3n) is 4.78. The van der Waals surface area contributed by atoms with E-state index in [1.165, 1.54) is 0 Å². The molecule has 2 unspecified atom stereocenters. The van der Waals surface area contributed by atoms with Crippen molar-refractivity contribution in [1.29, 1.82) is 0 Å². The summed E-state index contributed by atoms with van der Waals surface area (Å²) in [7, 11) is 2.04. The number of hydrogen-bond donors (Lipinski definition) is 0. The van der Waals surface area contributed by atoms with E-state index in [0.29, 0.717) is 31.1 Å². The summed E-state index contributed by atoms with van der Waals surface area (Å²) in [5.41, 5.74) is 0. The molecule has 3 fully saturated rings. The standard InChI is InChI=1S/C10H15NO2.C7H10O2/c1-11-3-2-7-4-8(12)5-10(13)9(7)6-11;1-5-2-6(8)4-7(9)3-5/h7,9H,2-6H2,1H3;5H,2-4H2,1H3. The van der Waals surface area contributed by atoms with Crippen molar-refractivity contribution < 1.29 is 19.2 Å². The fourth-order valence-corrected chi connectivity index (χ4v) is 3.68. The van der Waals surface area contributed by atoms with Crippen LogP contribution in [-0.4, -0.2) is 48.2 Å². The largest absolute Gasteiger partial charge is 0.306 e. The summed E-state index contributed by atoms with van der Waals surface area (Å²) >= 11 is 0. The number of likely N-dealkylation sites (tertiary alicyclic amines) is 1. The SMILES string of the molecule is CC1CC(=O)CC(=O)C1.CN1CCC2CC(=O)CC(=O)C2C1. The molecule has 0 aromatic rings. The van der Waals surface area contributed by atoms with Gasteiger partial charge in [-0.1, -0.05) is 6.92 Å². The minimum atomic E-state index is 0.110. The lowest BCUT2D eigenvalue weighted by molar-refractivity contribution is -0.137. The van der Waals surface area contributed by atoms with E-state index in [9.17, 15) is 19.2 Å². The average molecular weight is 307 g/mol. The highest BCUT2D eigenvalue weighted by Crippen LogP contribution is 2.31. The first kappa shape index (κ1) is 17.0. The van der Waals surface area contributed by atoms with Gasteiger partial charge >= 0.3 is 0 Å². The molecule has 122 valence electrons. The molecule has 22 heavy (non-hydrogen) atoms. The molecule has 2 atom stereocenters. The highest BCUT2D eigenvalue weighted by molar-refractivity contribution is 6.03. The number of rotatable bonds is 0. The average Bonchev–Trinajstić information content (AvgIpc) is 2.38. The van der Waals surface area contributed by atoms with E-state index in [-0.39, 0.29) is 41.9 Å². The molecular formula is C17H25NO4. The van der Waals surface area contributed by atoms with Crippen LogP contribution in [0.4, 0.5) is 0 Å². The van der Waals surface area contributed by atoms with Gasteiger partial charge in [-0.05, 0) is 31.8 Å². The van der Waals surface area contributed by atoms with Gasteiger partial charge in [0.1, 0.15) is 23.1 Å². The summed E-state index contributed by atoms with van der Waals surface area (Å²) < 4.78 is 0. The molecule has 1 saturated heterocycles. The van der Waals surface area contributed by atoms with Crippen LogP contribution >= 0.6 is 0 Å². The van der Waals surface area contributed by atoms with Crippen LogP contribution in [0.25, 0.3) is 0 Å². The topological polar surface area (TPSA) is 71.5 Å². The van der Waals surface area contributed by atoms with Gasteiger partial charge in [0.15, 0.2) is 0 Å². The third-order valence-corrected chi connectivity index (χ3v) is 4.78. The van der Waals surface area contributed by atoms with Crippen LogP contribution in [-0.2, 0) is 19.2 Å². The van der Waals surface area contributed by atoms with Crippen molar-refractivity contribution in [1.82, 2.24) is 4.90 Å². The van der Waals surface area contributed by atoms with Crippen molar-refractivity contribution in [3.63, 3.8) is 0 Å². The van der Waals surface area contributed by atoms with Crippen molar-refractivity contribution in [2.24, 2.45) is 17.8 Å². The predicted octanol–water partition coefficient (Wildman–Crippen LogP) is 1.43. The Bertz CT molecular complexity index is 469. The van der Waals surface area contributed by atoms with E-state index in [4.69, 9.17) is 0 Å². The van der Waals surface area contributed by atoms with E-state index in [1.807, 2.05) is 14.0 Å².